The van der Waals surface area contributed by atoms with Crippen LogP contribution in [0.2, 0.25) is 0 Å². The van der Waals surface area contributed by atoms with Crippen molar-refractivity contribution in [3.05, 3.63) is 58.5 Å². The molecule has 1 aliphatic heterocycles. The number of carbonyl (C=O) groups is 2. The van der Waals surface area contributed by atoms with Crippen LogP contribution in [0.5, 0.6) is 0 Å². The zero-order valence-corrected chi connectivity index (χ0v) is 25.4. The second-order valence-corrected chi connectivity index (χ2v) is 14.0. The van der Waals surface area contributed by atoms with Gasteiger partial charge in [-0.15, -0.1) is 0 Å². The number of Topliss-reactive ketones (excluding diaryl/α,β-unsaturated/α-hetero) is 1. The van der Waals surface area contributed by atoms with Crippen LogP contribution in [0.15, 0.2) is 46.4 Å². The average molecular weight is 639 g/mol. The van der Waals surface area contributed by atoms with E-state index >= 15 is 0 Å². The minimum Gasteiger partial charge on any atom is -0.327 e. The quantitative estimate of drug-likeness (QED) is 0.279. The summed E-state index contributed by atoms with van der Waals surface area (Å²) < 4.78 is 27.4. The van der Waals surface area contributed by atoms with Crippen molar-refractivity contribution in [1.82, 2.24) is 34.6 Å². The Hall–Kier alpha value is -3.58. The maximum Gasteiger partial charge on any atom is 0.245 e. The van der Waals surface area contributed by atoms with Crippen molar-refractivity contribution in [2.45, 2.75) is 63.7 Å². The highest BCUT2D eigenvalue weighted by Crippen LogP contribution is 2.59. The molecule has 0 unspecified atom stereocenters. The molecular formula is C28H28BrN7O4S. The highest BCUT2D eigenvalue weighted by molar-refractivity contribution is 9.10. The number of ketones is 1. The number of carbonyl (C=O) groups excluding carboxylic acids is 2. The molecule has 4 aromatic rings. The van der Waals surface area contributed by atoms with Crippen LogP contribution in [0.4, 0.5) is 0 Å². The summed E-state index contributed by atoms with van der Waals surface area (Å²) in [5.74, 6) is 0.259. The summed E-state index contributed by atoms with van der Waals surface area (Å²) in [6, 6.07) is 4.75. The molecule has 13 heteroatoms. The molecule has 2 fully saturated rings. The van der Waals surface area contributed by atoms with Crippen molar-refractivity contribution in [3.63, 3.8) is 0 Å². The number of fused-ring (bicyclic) bond motifs is 2. The van der Waals surface area contributed by atoms with Crippen LogP contribution in [0.25, 0.3) is 22.2 Å². The molecule has 1 aliphatic carbocycles. The summed E-state index contributed by atoms with van der Waals surface area (Å²) in [7, 11) is -3.73. The first-order valence-corrected chi connectivity index (χ1v) is 15.8. The fraction of sp³-hybridized carbons (Fsp3) is 0.393. The number of aryl methyl sites for hydroxylation is 2. The fourth-order valence-electron chi connectivity index (χ4n) is 5.75. The number of aromatic nitrogens is 6. The Labute approximate surface area is 245 Å². The lowest BCUT2D eigenvalue weighted by Gasteiger charge is -2.27. The number of halogens is 1. The fourth-order valence-corrected chi connectivity index (χ4v) is 6.90. The first-order valence-electron chi connectivity index (χ1n) is 13.2. The molecule has 212 valence electrons. The van der Waals surface area contributed by atoms with Crippen LogP contribution >= 0.6 is 15.9 Å². The van der Waals surface area contributed by atoms with Crippen LogP contribution < -0.4 is 0 Å². The first kappa shape index (κ1) is 27.6. The molecular weight excluding hydrogens is 610 g/mol. The van der Waals surface area contributed by atoms with Gasteiger partial charge in [0.05, 0.1) is 35.6 Å². The van der Waals surface area contributed by atoms with E-state index < -0.39 is 15.9 Å². The minimum absolute atomic E-state index is 0.0389. The molecule has 0 N–H and O–H groups in total. The van der Waals surface area contributed by atoms with E-state index in [1.165, 1.54) is 10.9 Å². The molecule has 1 saturated heterocycles. The minimum atomic E-state index is -3.73. The van der Waals surface area contributed by atoms with Crippen molar-refractivity contribution in [1.29, 1.82) is 0 Å². The number of nitrogens with zero attached hydrogens (tertiary/aromatic N) is 7. The molecule has 41 heavy (non-hydrogen) atoms. The number of amides is 1. The molecule has 1 amide bonds. The molecule has 0 radical (unpaired) electrons. The van der Waals surface area contributed by atoms with Crippen molar-refractivity contribution in [2.75, 3.05) is 6.26 Å². The summed E-state index contributed by atoms with van der Waals surface area (Å²) in [4.78, 5) is 46.4. The standard InChI is InChI=1S/C28H28BrN7O4S/c1-15-5-6-25(29)33-19(15)8-23(37)21-9-28(3)10-24(28)36(21)26(38)14-35-22-13-32-20(17-11-30-16(2)31-12-17)7-18(22)27(34-35)41(4,39)40/h5-7,11-13,21,24H,8-10,14H2,1-4H3/t21-,24+,28-/m0/s1. The molecule has 11 nitrogen and oxygen atoms in total. The Bertz CT molecular complexity index is 1840. The Morgan fingerprint density at radius 1 is 1.10 bits per heavy atom. The van der Waals surface area contributed by atoms with Gasteiger partial charge < -0.3 is 4.90 Å². The van der Waals surface area contributed by atoms with Crippen molar-refractivity contribution in [3.8, 4) is 11.3 Å². The van der Waals surface area contributed by atoms with E-state index in [4.69, 9.17) is 0 Å². The number of likely N-dealkylation sites (tertiary alicyclic amines) is 1. The van der Waals surface area contributed by atoms with Gasteiger partial charge >= 0.3 is 0 Å². The molecule has 6 rings (SSSR count). The molecule has 0 aromatic carbocycles. The average Bonchev–Trinajstić information content (AvgIpc) is 3.27. The lowest BCUT2D eigenvalue weighted by atomic mass is 9.96. The van der Waals surface area contributed by atoms with Crippen molar-refractivity contribution in [2.24, 2.45) is 5.41 Å². The topological polar surface area (TPSA) is 141 Å². The summed E-state index contributed by atoms with van der Waals surface area (Å²) in [6.07, 6.45) is 7.37. The molecule has 4 aromatic heterocycles. The highest BCUT2D eigenvalue weighted by atomic mass is 79.9. The number of piperidine rings is 1. The van der Waals surface area contributed by atoms with Gasteiger partial charge in [0.1, 0.15) is 17.0 Å². The molecule has 3 atom stereocenters. The zero-order valence-electron chi connectivity index (χ0n) is 23.0. The van der Waals surface area contributed by atoms with Crippen LogP contribution in [-0.2, 0) is 32.4 Å². The number of sulfone groups is 1. The van der Waals surface area contributed by atoms with E-state index in [9.17, 15) is 18.0 Å². The normalized spacial score (nSPS) is 21.7. The maximum atomic E-state index is 13.8. The van der Waals surface area contributed by atoms with Gasteiger partial charge in [-0.05, 0) is 65.7 Å². The smallest absolute Gasteiger partial charge is 0.245 e. The van der Waals surface area contributed by atoms with Gasteiger partial charge in [-0.25, -0.2) is 23.4 Å². The summed E-state index contributed by atoms with van der Waals surface area (Å²) in [5, 5.41) is 4.56. The van der Waals surface area contributed by atoms with E-state index in [-0.39, 0.29) is 41.1 Å². The zero-order chi connectivity index (χ0) is 29.3. The maximum absolute atomic E-state index is 13.8. The Kier molecular flexibility index (Phi) is 6.57. The lowest BCUT2D eigenvalue weighted by molar-refractivity contribution is -0.139. The Morgan fingerprint density at radius 2 is 1.83 bits per heavy atom. The summed E-state index contributed by atoms with van der Waals surface area (Å²) in [6.45, 7) is 5.56. The number of rotatable bonds is 7. The van der Waals surface area contributed by atoms with E-state index in [0.29, 0.717) is 44.7 Å². The molecule has 0 bridgehead atoms. The third-order valence-corrected chi connectivity index (χ3v) is 9.57. The first-order chi connectivity index (χ1) is 19.3. The van der Waals surface area contributed by atoms with E-state index in [1.807, 2.05) is 19.1 Å². The Balaban J connectivity index is 1.31. The van der Waals surface area contributed by atoms with Gasteiger partial charge in [0.15, 0.2) is 20.6 Å². The van der Waals surface area contributed by atoms with Gasteiger partial charge in [0.2, 0.25) is 5.91 Å². The largest absolute Gasteiger partial charge is 0.327 e. The lowest BCUT2D eigenvalue weighted by Crippen LogP contribution is -2.45. The SMILES string of the molecule is Cc1ncc(-c2cc3c(S(C)(=O)=O)nn(CC(=O)N4[C@H](C(=O)Cc5nc(Br)ccc5C)C[C@@]5(C)C[C@@H]45)c3cn2)cn1. The van der Waals surface area contributed by atoms with E-state index in [2.05, 4.69) is 47.9 Å². The van der Waals surface area contributed by atoms with Crippen LogP contribution in [0.3, 0.4) is 0 Å². The van der Waals surface area contributed by atoms with Crippen molar-refractivity contribution < 1.29 is 18.0 Å². The van der Waals surface area contributed by atoms with Gasteiger partial charge in [-0.3, -0.25) is 19.3 Å². The van der Waals surface area contributed by atoms with Gasteiger partial charge in [-0.2, -0.15) is 5.10 Å². The van der Waals surface area contributed by atoms with Gasteiger partial charge in [0.25, 0.3) is 0 Å². The predicted molar refractivity (Wildman–Crippen MR) is 154 cm³/mol. The Morgan fingerprint density at radius 3 is 2.54 bits per heavy atom. The molecule has 1 saturated carbocycles. The second kappa shape index (κ2) is 9.76. The van der Waals surface area contributed by atoms with Gasteiger partial charge in [0, 0.05) is 35.6 Å². The number of hydrogen-bond acceptors (Lipinski definition) is 9. The molecule has 5 heterocycles. The third-order valence-electron chi connectivity index (χ3n) is 8.12. The van der Waals surface area contributed by atoms with E-state index in [0.717, 1.165) is 18.2 Å². The predicted octanol–water partition coefficient (Wildman–Crippen LogP) is 3.26. The van der Waals surface area contributed by atoms with Crippen LogP contribution in [0.1, 0.15) is 36.8 Å². The van der Waals surface area contributed by atoms with Crippen LogP contribution in [-0.4, -0.2) is 73.1 Å². The summed E-state index contributed by atoms with van der Waals surface area (Å²) >= 11 is 3.37. The van der Waals surface area contributed by atoms with E-state index in [1.54, 1.807) is 30.3 Å². The van der Waals surface area contributed by atoms with Crippen LogP contribution in [0, 0.1) is 19.3 Å². The van der Waals surface area contributed by atoms with Crippen molar-refractivity contribution >= 4 is 48.4 Å². The third kappa shape index (κ3) is 5.05. The second-order valence-electron chi connectivity index (χ2n) is 11.3. The number of hydrogen-bond donors (Lipinski definition) is 0. The molecule has 0 spiro atoms. The highest BCUT2D eigenvalue weighted by Gasteiger charge is 2.64. The molecule has 2 aliphatic rings. The summed E-state index contributed by atoms with van der Waals surface area (Å²) in [5.41, 5.74) is 3.01. The monoisotopic (exact) mass is 637 g/mol. The van der Waals surface area contributed by atoms with Gasteiger partial charge in [-0.1, -0.05) is 13.0 Å². The number of pyridine rings is 2.